The minimum absolute atomic E-state index is 0.812. The van der Waals surface area contributed by atoms with E-state index in [0.717, 1.165) is 17.8 Å². The van der Waals surface area contributed by atoms with Gasteiger partial charge in [-0.3, -0.25) is 0 Å². The van der Waals surface area contributed by atoms with Crippen molar-refractivity contribution in [1.29, 1.82) is 0 Å². The molecule has 0 aliphatic rings. The van der Waals surface area contributed by atoms with Crippen molar-refractivity contribution in [2.75, 3.05) is 6.26 Å². The third kappa shape index (κ3) is 4.06. The molecule has 0 bridgehead atoms. The fourth-order valence-electron chi connectivity index (χ4n) is 1.95. The number of hydrogen-bond donors (Lipinski definition) is 0. The van der Waals surface area contributed by atoms with Crippen LogP contribution in [-0.4, -0.2) is 16.2 Å². The van der Waals surface area contributed by atoms with Crippen molar-refractivity contribution in [3.63, 3.8) is 0 Å². The van der Waals surface area contributed by atoms with Crippen molar-refractivity contribution in [2.45, 2.75) is 37.5 Å². The van der Waals surface area contributed by atoms with E-state index in [1.807, 2.05) is 12.4 Å². The number of rotatable bonds is 6. The van der Waals surface area contributed by atoms with Crippen molar-refractivity contribution in [3.05, 3.63) is 42.2 Å². The van der Waals surface area contributed by atoms with Crippen molar-refractivity contribution >= 4 is 11.8 Å². The molecule has 2 aromatic rings. The Balaban J connectivity index is 2.04. The van der Waals surface area contributed by atoms with E-state index < -0.39 is 0 Å². The van der Waals surface area contributed by atoms with Gasteiger partial charge in [-0.1, -0.05) is 31.9 Å². The third-order valence-electron chi connectivity index (χ3n) is 3.12. The van der Waals surface area contributed by atoms with Crippen LogP contribution in [0.4, 0.5) is 0 Å². The zero-order valence-electron chi connectivity index (χ0n) is 11.6. The van der Waals surface area contributed by atoms with E-state index in [9.17, 15) is 0 Å². The van der Waals surface area contributed by atoms with Gasteiger partial charge in [0.25, 0.3) is 0 Å². The SMILES string of the molecule is CCCCCc1cnc(-c2ccc(SC)cc2)nc1. The third-order valence-corrected chi connectivity index (χ3v) is 3.87. The molecule has 2 rings (SSSR count). The molecule has 0 radical (unpaired) electrons. The van der Waals surface area contributed by atoms with Gasteiger partial charge in [-0.05, 0) is 36.8 Å². The summed E-state index contributed by atoms with van der Waals surface area (Å²) in [5, 5.41) is 0. The van der Waals surface area contributed by atoms with E-state index in [4.69, 9.17) is 0 Å². The first-order valence-corrected chi connectivity index (χ1v) is 8.01. The quantitative estimate of drug-likeness (QED) is 0.568. The summed E-state index contributed by atoms with van der Waals surface area (Å²) in [6, 6.07) is 8.38. The van der Waals surface area contributed by atoms with Gasteiger partial charge in [-0.2, -0.15) is 0 Å². The molecule has 0 N–H and O–H groups in total. The average Bonchev–Trinajstić information content (AvgIpc) is 2.48. The molecule has 0 aliphatic heterocycles. The molecule has 0 unspecified atom stereocenters. The Bertz CT molecular complexity index is 491. The summed E-state index contributed by atoms with van der Waals surface area (Å²) in [5.74, 6) is 0.812. The smallest absolute Gasteiger partial charge is 0.159 e. The highest BCUT2D eigenvalue weighted by atomic mass is 32.2. The molecule has 1 aromatic carbocycles. The number of nitrogens with zero attached hydrogens (tertiary/aromatic N) is 2. The Morgan fingerprint density at radius 1 is 1.00 bits per heavy atom. The zero-order chi connectivity index (χ0) is 13.5. The Labute approximate surface area is 119 Å². The first kappa shape index (κ1) is 14.1. The molecule has 0 spiro atoms. The minimum atomic E-state index is 0.812. The van der Waals surface area contributed by atoms with Crippen molar-refractivity contribution in [2.24, 2.45) is 0 Å². The molecule has 0 atom stereocenters. The Morgan fingerprint density at radius 2 is 1.68 bits per heavy atom. The van der Waals surface area contributed by atoms with Gasteiger partial charge in [0.15, 0.2) is 5.82 Å². The highest BCUT2D eigenvalue weighted by Crippen LogP contribution is 2.20. The number of unbranched alkanes of at least 4 members (excludes halogenated alkanes) is 2. The molecule has 2 nitrogen and oxygen atoms in total. The first-order chi connectivity index (χ1) is 9.33. The number of benzene rings is 1. The van der Waals surface area contributed by atoms with Crippen LogP contribution in [-0.2, 0) is 6.42 Å². The van der Waals surface area contributed by atoms with Crippen LogP contribution in [0.2, 0.25) is 0 Å². The summed E-state index contributed by atoms with van der Waals surface area (Å²) in [6.45, 7) is 2.22. The number of hydrogen-bond acceptors (Lipinski definition) is 3. The first-order valence-electron chi connectivity index (χ1n) is 6.79. The van der Waals surface area contributed by atoms with E-state index in [0.29, 0.717) is 0 Å². The van der Waals surface area contributed by atoms with Crippen molar-refractivity contribution in [3.8, 4) is 11.4 Å². The lowest BCUT2D eigenvalue weighted by atomic mass is 10.1. The zero-order valence-corrected chi connectivity index (χ0v) is 12.4. The molecule has 1 aromatic heterocycles. The largest absolute Gasteiger partial charge is 0.236 e. The summed E-state index contributed by atoms with van der Waals surface area (Å²) in [6.07, 6.45) is 10.8. The Hall–Kier alpha value is -1.35. The number of aryl methyl sites for hydroxylation is 1. The van der Waals surface area contributed by atoms with Crippen LogP contribution < -0.4 is 0 Å². The fraction of sp³-hybridized carbons (Fsp3) is 0.375. The van der Waals surface area contributed by atoms with Gasteiger partial charge in [0, 0.05) is 22.9 Å². The van der Waals surface area contributed by atoms with Crippen LogP contribution in [0, 0.1) is 0 Å². The predicted molar refractivity (Wildman–Crippen MR) is 82.5 cm³/mol. The van der Waals surface area contributed by atoms with Gasteiger partial charge in [0.05, 0.1) is 0 Å². The topological polar surface area (TPSA) is 25.8 Å². The minimum Gasteiger partial charge on any atom is -0.236 e. The average molecular weight is 272 g/mol. The number of aromatic nitrogens is 2. The van der Waals surface area contributed by atoms with E-state index in [1.54, 1.807) is 11.8 Å². The van der Waals surface area contributed by atoms with E-state index in [2.05, 4.69) is 47.4 Å². The molecule has 19 heavy (non-hydrogen) atoms. The van der Waals surface area contributed by atoms with Gasteiger partial charge in [0.2, 0.25) is 0 Å². The summed E-state index contributed by atoms with van der Waals surface area (Å²) in [4.78, 5) is 10.2. The summed E-state index contributed by atoms with van der Waals surface area (Å²) >= 11 is 1.75. The summed E-state index contributed by atoms with van der Waals surface area (Å²) in [5.41, 5.74) is 2.32. The normalized spacial score (nSPS) is 10.6. The Morgan fingerprint density at radius 3 is 2.26 bits per heavy atom. The van der Waals surface area contributed by atoms with E-state index in [1.165, 1.54) is 29.7 Å². The highest BCUT2D eigenvalue weighted by Gasteiger charge is 2.01. The van der Waals surface area contributed by atoms with Crippen LogP contribution in [0.5, 0.6) is 0 Å². The summed E-state index contributed by atoms with van der Waals surface area (Å²) in [7, 11) is 0. The molecule has 1 heterocycles. The standard InChI is InChI=1S/C16H20N2S/c1-3-4-5-6-13-11-17-16(18-12-13)14-7-9-15(19-2)10-8-14/h7-12H,3-6H2,1-2H3. The van der Waals surface area contributed by atoms with Crippen molar-refractivity contribution in [1.82, 2.24) is 9.97 Å². The van der Waals surface area contributed by atoms with Gasteiger partial charge < -0.3 is 0 Å². The molecule has 0 saturated heterocycles. The fourth-order valence-corrected chi connectivity index (χ4v) is 2.36. The molecular weight excluding hydrogens is 252 g/mol. The van der Waals surface area contributed by atoms with Crippen LogP contribution in [0.15, 0.2) is 41.6 Å². The Kier molecular flexibility index (Phi) is 5.40. The molecule has 3 heteroatoms. The lowest BCUT2D eigenvalue weighted by Crippen LogP contribution is -1.93. The lowest BCUT2D eigenvalue weighted by molar-refractivity contribution is 0.714. The second kappa shape index (κ2) is 7.29. The maximum absolute atomic E-state index is 4.47. The van der Waals surface area contributed by atoms with Gasteiger partial charge >= 0.3 is 0 Å². The lowest BCUT2D eigenvalue weighted by Gasteiger charge is -2.03. The van der Waals surface area contributed by atoms with Gasteiger partial charge in [-0.25, -0.2) is 9.97 Å². The van der Waals surface area contributed by atoms with E-state index in [-0.39, 0.29) is 0 Å². The molecule has 0 fully saturated rings. The molecular formula is C16H20N2S. The highest BCUT2D eigenvalue weighted by molar-refractivity contribution is 7.98. The molecule has 100 valence electrons. The summed E-state index contributed by atoms with van der Waals surface area (Å²) < 4.78 is 0. The number of thioether (sulfide) groups is 1. The van der Waals surface area contributed by atoms with E-state index >= 15 is 0 Å². The maximum atomic E-state index is 4.47. The monoisotopic (exact) mass is 272 g/mol. The van der Waals surface area contributed by atoms with Crippen LogP contribution in [0.25, 0.3) is 11.4 Å². The maximum Gasteiger partial charge on any atom is 0.159 e. The molecule has 0 aliphatic carbocycles. The van der Waals surface area contributed by atoms with Crippen molar-refractivity contribution < 1.29 is 0 Å². The second-order valence-electron chi connectivity index (χ2n) is 4.60. The van der Waals surface area contributed by atoms with Crippen LogP contribution in [0.3, 0.4) is 0 Å². The molecule has 0 amide bonds. The van der Waals surface area contributed by atoms with Gasteiger partial charge in [-0.15, -0.1) is 11.8 Å². The molecule has 0 saturated carbocycles. The second-order valence-corrected chi connectivity index (χ2v) is 5.48. The van der Waals surface area contributed by atoms with Gasteiger partial charge in [0.1, 0.15) is 0 Å². The predicted octanol–water partition coefficient (Wildman–Crippen LogP) is 4.60. The van der Waals surface area contributed by atoms with Crippen LogP contribution in [0.1, 0.15) is 31.7 Å². The van der Waals surface area contributed by atoms with Crippen LogP contribution >= 0.6 is 11.8 Å².